The molecule has 4 aromatic carbocycles. The normalized spacial score (nSPS) is 16.6. The summed E-state index contributed by atoms with van der Waals surface area (Å²) >= 11 is 0. The number of amides is 2. The molecule has 4 aromatic rings. The molecular formula is C36H37N3O4. The number of ether oxygens (including phenoxy) is 1. The first kappa shape index (κ1) is 29.7. The summed E-state index contributed by atoms with van der Waals surface area (Å²) in [5.41, 5.74) is 10.4. The van der Waals surface area contributed by atoms with Crippen molar-refractivity contribution in [3.63, 3.8) is 0 Å². The molecule has 1 aliphatic rings. The number of nitrogens with one attached hydrogen (secondary N) is 1. The summed E-state index contributed by atoms with van der Waals surface area (Å²) in [6.07, 6.45) is 2.52. The summed E-state index contributed by atoms with van der Waals surface area (Å²) in [7, 11) is 0. The van der Waals surface area contributed by atoms with Crippen LogP contribution in [0.3, 0.4) is 0 Å². The van der Waals surface area contributed by atoms with Gasteiger partial charge in [0.05, 0.1) is 0 Å². The fraction of sp³-hybridized carbons (Fsp3) is 0.250. The molecular weight excluding hydrogens is 538 g/mol. The van der Waals surface area contributed by atoms with Gasteiger partial charge in [0.2, 0.25) is 11.8 Å². The van der Waals surface area contributed by atoms with E-state index in [1.54, 1.807) is 29.2 Å². The first-order valence-corrected chi connectivity index (χ1v) is 14.7. The summed E-state index contributed by atoms with van der Waals surface area (Å²) in [5, 5.41) is 2.99. The van der Waals surface area contributed by atoms with Gasteiger partial charge in [0.25, 0.3) is 0 Å². The second-order valence-electron chi connectivity index (χ2n) is 10.9. The monoisotopic (exact) mass is 575 g/mol. The maximum Gasteiger partial charge on any atom is 0.246 e. The molecule has 2 unspecified atom stereocenters. The van der Waals surface area contributed by atoms with Crippen molar-refractivity contribution in [1.82, 2.24) is 10.2 Å². The zero-order chi connectivity index (χ0) is 30.2. The topological polar surface area (TPSA) is 102 Å². The third-order valence-corrected chi connectivity index (χ3v) is 7.78. The number of piperazine rings is 1. The number of ketones is 1. The lowest BCUT2D eigenvalue weighted by Gasteiger charge is -2.39. The van der Waals surface area contributed by atoms with Gasteiger partial charge in [-0.25, -0.2) is 0 Å². The second-order valence-corrected chi connectivity index (χ2v) is 10.9. The third kappa shape index (κ3) is 7.56. The number of rotatable bonds is 12. The van der Waals surface area contributed by atoms with E-state index in [0.29, 0.717) is 43.0 Å². The van der Waals surface area contributed by atoms with Crippen molar-refractivity contribution in [3.8, 4) is 22.6 Å². The van der Waals surface area contributed by atoms with E-state index >= 15 is 0 Å². The molecule has 1 heterocycles. The van der Waals surface area contributed by atoms with Gasteiger partial charge in [-0.15, -0.1) is 0 Å². The quantitative estimate of drug-likeness (QED) is 0.161. The van der Waals surface area contributed by atoms with Gasteiger partial charge < -0.3 is 20.7 Å². The molecule has 220 valence electrons. The fourth-order valence-corrected chi connectivity index (χ4v) is 5.37. The van der Waals surface area contributed by atoms with Crippen molar-refractivity contribution in [2.45, 2.75) is 51.2 Å². The molecule has 1 aliphatic heterocycles. The van der Waals surface area contributed by atoms with E-state index < -0.39 is 12.1 Å². The Morgan fingerprint density at radius 2 is 1.40 bits per heavy atom. The number of carbonyl (C=O) groups excluding carboxylic acids is 3. The van der Waals surface area contributed by atoms with E-state index in [-0.39, 0.29) is 17.6 Å². The van der Waals surface area contributed by atoms with Crippen molar-refractivity contribution in [3.05, 3.63) is 120 Å². The lowest BCUT2D eigenvalue weighted by molar-refractivity contribution is -0.150. The lowest BCUT2D eigenvalue weighted by atomic mass is 9.96. The lowest BCUT2D eigenvalue weighted by Crippen LogP contribution is -2.63. The number of nitrogens with zero attached hydrogens (tertiary/aromatic N) is 1. The van der Waals surface area contributed by atoms with Crippen LogP contribution in [-0.2, 0) is 22.6 Å². The van der Waals surface area contributed by atoms with E-state index in [1.807, 2.05) is 54.6 Å². The second kappa shape index (κ2) is 13.9. The van der Waals surface area contributed by atoms with Gasteiger partial charge in [0.1, 0.15) is 23.6 Å². The van der Waals surface area contributed by atoms with E-state index in [9.17, 15) is 14.4 Å². The largest absolute Gasteiger partial charge is 0.457 e. The van der Waals surface area contributed by atoms with Gasteiger partial charge in [-0.2, -0.15) is 0 Å². The van der Waals surface area contributed by atoms with E-state index in [4.69, 9.17) is 10.5 Å². The third-order valence-electron chi connectivity index (χ3n) is 7.78. The highest BCUT2D eigenvalue weighted by atomic mass is 16.5. The van der Waals surface area contributed by atoms with Gasteiger partial charge in [-0.05, 0) is 91.4 Å². The first-order valence-electron chi connectivity index (χ1n) is 14.7. The molecule has 2 atom stereocenters. The van der Waals surface area contributed by atoms with Gasteiger partial charge >= 0.3 is 0 Å². The summed E-state index contributed by atoms with van der Waals surface area (Å²) in [6.45, 7) is 2.44. The molecule has 0 radical (unpaired) electrons. The highest BCUT2D eigenvalue weighted by Gasteiger charge is 2.40. The van der Waals surface area contributed by atoms with Crippen molar-refractivity contribution < 1.29 is 19.1 Å². The molecule has 0 saturated carbocycles. The highest BCUT2D eigenvalue weighted by Crippen LogP contribution is 2.26. The number of Topliss-reactive ketones (excluding diaryl/α,β-unsaturated/α-hetero) is 1. The number of unbranched alkanes of at least 4 members (excludes halogenated alkanes) is 1. The van der Waals surface area contributed by atoms with Crippen LogP contribution in [0.5, 0.6) is 11.5 Å². The van der Waals surface area contributed by atoms with Crippen molar-refractivity contribution in [2.24, 2.45) is 5.73 Å². The molecule has 7 heteroatoms. The van der Waals surface area contributed by atoms with Crippen LogP contribution in [0.25, 0.3) is 11.1 Å². The summed E-state index contributed by atoms with van der Waals surface area (Å²) in [6, 6.07) is 31.6. The Labute approximate surface area is 252 Å². The highest BCUT2D eigenvalue weighted by molar-refractivity contribution is 5.97. The van der Waals surface area contributed by atoms with Gasteiger partial charge in [-0.3, -0.25) is 14.4 Å². The average molecular weight is 576 g/mol. The molecule has 7 nitrogen and oxygen atoms in total. The minimum Gasteiger partial charge on any atom is -0.457 e. The van der Waals surface area contributed by atoms with E-state index in [0.717, 1.165) is 35.1 Å². The van der Waals surface area contributed by atoms with Crippen molar-refractivity contribution in [2.75, 3.05) is 6.54 Å². The van der Waals surface area contributed by atoms with Gasteiger partial charge in [0.15, 0.2) is 5.78 Å². The van der Waals surface area contributed by atoms with E-state index in [1.165, 1.54) is 6.92 Å². The standard InChI is InChI=1S/C36H37N3O4/c1-25(40)28-16-20-32(21-17-28)43-31-18-12-26(13-19-31)23-33-36(42)39(34(35(41)38-33)9-5-6-22-37)24-27-10-14-30(15-11-27)29-7-3-2-4-8-29/h2-4,7-8,10-21,33-34H,5-6,9,22-24,37H2,1H3,(H,38,41). The minimum absolute atomic E-state index is 0.00154. The van der Waals surface area contributed by atoms with Crippen LogP contribution in [0.1, 0.15) is 47.7 Å². The van der Waals surface area contributed by atoms with Crippen LogP contribution in [0.15, 0.2) is 103 Å². The van der Waals surface area contributed by atoms with Gasteiger partial charge in [0, 0.05) is 18.5 Å². The summed E-state index contributed by atoms with van der Waals surface area (Å²) in [4.78, 5) is 40.4. The Morgan fingerprint density at radius 3 is 2.02 bits per heavy atom. The SMILES string of the molecule is CC(=O)c1ccc(Oc2ccc(CC3NC(=O)C(CCCCN)N(Cc4ccc(-c5ccccc5)cc4)C3=O)cc2)cc1. The van der Waals surface area contributed by atoms with Crippen LogP contribution in [-0.4, -0.2) is 41.1 Å². The molecule has 2 amide bonds. The molecule has 43 heavy (non-hydrogen) atoms. The first-order chi connectivity index (χ1) is 20.9. The van der Waals surface area contributed by atoms with Crippen LogP contribution < -0.4 is 15.8 Å². The molecule has 3 N–H and O–H groups in total. The fourth-order valence-electron chi connectivity index (χ4n) is 5.37. The smallest absolute Gasteiger partial charge is 0.246 e. The molecule has 1 saturated heterocycles. The molecule has 0 aliphatic carbocycles. The van der Waals surface area contributed by atoms with Crippen molar-refractivity contribution in [1.29, 1.82) is 0 Å². The predicted octanol–water partition coefficient (Wildman–Crippen LogP) is 5.92. The Bertz CT molecular complexity index is 1530. The Morgan fingerprint density at radius 1 is 0.791 bits per heavy atom. The maximum absolute atomic E-state index is 13.8. The van der Waals surface area contributed by atoms with Crippen LogP contribution in [0.4, 0.5) is 0 Å². The van der Waals surface area contributed by atoms with Gasteiger partial charge in [-0.1, -0.05) is 66.7 Å². The predicted molar refractivity (Wildman–Crippen MR) is 168 cm³/mol. The van der Waals surface area contributed by atoms with Crippen molar-refractivity contribution >= 4 is 17.6 Å². The summed E-state index contributed by atoms with van der Waals surface area (Å²) < 4.78 is 5.91. The molecule has 1 fully saturated rings. The minimum atomic E-state index is -0.659. The van der Waals surface area contributed by atoms with Crippen LogP contribution in [0.2, 0.25) is 0 Å². The molecule has 0 bridgehead atoms. The Kier molecular flexibility index (Phi) is 9.64. The summed E-state index contributed by atoms with van der Waals surface area (Å²) in [5.74, 6) is 1.05. The number of hydrogen-bond acceptors (Lipinski definition) is 5. The number of benzene rings is 4. The van der Waals surface area contributed by atoms with Crippen LogP contribution in [0, 0.1) is 0 Å². The average Bonchev–Trinajstić information content (AvgIpc) is 3.03. The Balaban J connectivity index is 1.28. The van der Waals surface area contributed by atoms with Crippen LogP contribution >= 0.6 is 0 Å². The number of carbonyl (C=O) groups is 3. The van der Waals surface area contributed by atoms with E-state index in [2.05, 4.69) is 29.6 Å². The molecule has 0 spiro atoms. The maximum atomic E-state index is 13.8. The number of hydrogen-bond donors (Lipinski definition) is 2. The zero-order valence-electron chi connectivity index (χ0n) is 24.4. The Hall–Kier alpha value is -4.75. The number of nitrogens with two attached hydrogens (primary N) is 1. The molecule has 5 rings (SSSR count). The molecule has 0 aromatic heterocycles. The zero-order valence-corrected chi connectivity index (χ0v) is 24.4.